The molecule has 0 aliphatic rings. The number of carbonyl (C=O) groups is 1. The van der Waals surface area contributed by atoms with Crippen molar-refractivity contribution in [3.8, 4) is 16.6 Å². The molecule has 0 aliphatic heterocycles. The van der Waals surface area contributed by atoms with Crippen LogP contribution in [0.15, 0.2) is 60.0 Å². The molecular weight excluding hydrogens is 350 g/mol. The molecule has 4 aromatic rings. The molecule has 2 aromatic heterocycles. The van der Waals surface area contributed by atoms with Crippen molar-refractivity contribution in [3.05, 3.63) is 70.4 Å². The van der Waals surface area contributed by atoms with Crippen molar-refractivity contribution in [2.24, 2.45) is 0 Å². The van der Waals surface area contributed by atoms with Crippen LogP contribution < -0.4 is 5.32 Å². The van der Waals surface area contributed by atoms with Crippen LogP contribution in [0.3, 0.4) is 0 Å². The number of para-hydroxylation sites is 1. The van der Waals surface area contributed by atoms with Crippen molar-refractivity contribution in [2.45, 2.75) is 0 Å². The molecule has 0 bridgehead atoms. The van der Waals surface area contributed by atoms with E-state index in [-0.39, 0.29) is 5.91 Å². The number of anilines is 1. The fraction of sp³-hybridized carbons (Fsp3) is 0. The molecule has 2 aromatic carbocycles. The van der Waals surface area contributed by atoms with Crippen LogP contribution in [0.1, 0.15) is 15.2 Å². The van der Waals surface area contributed by atoms with E-state index in [9.17, 15) is 4.79 Å². The van der Waals surface area contributed by atoms with Crippen LogP contribution in [0.25, 0.3) is 20.8 Å². The number of fused-ring (bicyclic) bond motifs is 1. The summed E-state index contributed by atoms with van der Waals surface area (Å²) in [5.74, 6) is -0.209. The van der Waals surface area contributed by atoms with Crippen LogP contribution >= 0.6 is 22.7 Å². The van der Waals surface area contributed by atoms with Crippen LogP contribution in [0, 0.1) is 11.3 Å². The SMILES string of the molecule is N#Cc1csc(C(=O)Nc2ccc(-c3nc4ccccc4s3)cc2)c1. The molecule has 0 spiro atoms. The first-order chi connectivity index (χ1) is 12.2. The lowest BCUT2D eigenvalue weighted by Gasteiger charge is -2.04. The Balaban J connectivity index is 1.53. The number of nitrogens with one attached hydrogen (secondary N) is 1. The van der Waals surface area contributed by atoms with Gasteiger partial charge in [-0.25, -0.2) is 4.98 Å². The molecule has 0 radical (unpaired) electrons. The molecule has 0 unspecified atom stereocenters. The van der Waals surface area contributed by atoms with Gasteiger partial charge in [-0.05, 0) is 42.5 Å². The first kappa shape index (κ1) is 15.5. The minimum Gasteiger partial charge on any atom is -0.321 e. The van der Waals surface area contributed by atoms with E-state index in [4.69, 9.17) is 5.26 Å². The number of aromatic nitrogens is 1. The van der Waals surface area contributed by atoms with E-state index < -0.39 is 0 Å². The van der Waals surface area contributed by atoms with Gasteiger partial charge < -0.3 is 5.32 Å². The van der Waals surface area contributed by atoms with Gasteiger partial charge in [-0.15, -0.1) is 22.7 Å². The molecular formula is C19H11N3OS2. The summed E-state index contributed by atoms with van der Waals surface area (Å²) in [6, 6.07) is 19.3. The second-order valence-electron chi connectivity index (χ2n) is 5.33. The highest BCUT2D eigenvalue weighted by Gasteiger charge is 2.10. The highest BCUT2D eigenvalue weighted by atomic mass is 32.1. The number of nitrogens with zero attached hydrogens (tertiary/aromatic N) is 2. The van der Waals surface area contributed by atoms with Gasteiger partial charge in [0.15, 0.2) is 0 Å². The minimum absolute atomic E-state index is 0.209. The maximum atomic E-state index is 12.2. The van der Waals surface area contributed by atoms with Gasteiger partial charge in [0.1, 0.15) is 11.1 Å². The number of thiophene rings is 1. The zero-order valence-electron chi connectivity index (χ0n) is 12.9. The standard InChI is InChI=1S/C19H11N3OS2/c20-10-12-9-17(24-11-12)18(23)21-14-7-5-13(6-8-14)19-22-15-3-1-2-4-16(15)25-19/h1-9,11H,(H,21,23). The van der Waals surface area contributed by atoms with Crippen LogP contribution in [0.2, 0.25) is 0 Å². The van der Waals surface area contributed by atoms with Gasteiger partial charge in [-0.1, -0.05) is 12.1 Å². The fourth-order valence-electron chi connectivity index (χ4n) is 2.40. The summed E-state index contributed by atoms with van der Waals surface area (Å²) in [6.07, 6.45) is 0. The van der Waals surface area contributed by atoms with Crippen LogP contribution in [0.5, 0.6) is 0 Å². The van der Waals surface area contributed by atoms with E-state index in [1.54, 1.807) is 22.8 Å². The molecule has 0 fully saturated rings. The van der Waals surface area contributed by atoms with E-state index in [1.807, 2.05) is 48.5 Å². The third-order valence-corrected chi connectivity index (χ3v) is 5.65. The fourth-order valence-corrected chi connectivity index (χ4v) is 4.10. The summed E-state index contributed by atoms with van der Waals surface area (Å²) in [4.78, 5) is 17.4. The van der Waals surface area contributed by atoms with Crippen molar-refractivity contribution < 1.29 is 4.79 Å². The summed E-state index contributed by atoms with van der Waals surface area (Å²) in [5, 5.41) is 14.3. The van der Waals surface area contributed by atoms with Crippen LogP contribution in [0.4, 0.5) is 5.69 Å². The Morgan fingerprint density at radius 3 is 2.64 bits per heavy atom. The average molecular weight is 361 g/mol. The molecule has 120 valence electrons. The van der Waals surface area contributed by atoms with Gasteiger partial charge in [0.2, 0.25) is 0 Å². The van der Waals surface area contributed by atoms with Gasteiger partial charge >= 0.3 is 0 Å². The molecule has 0 atom stereocenters. The number of amides is 1. The van der Waals surface area contributed by atoms with Crippen LogP contribution in [-0.4, -0.2) is 10.9 Å². The Morgan fingerprint density at radius 1 is 1.12 bits per heavy atom. The molecule has 0 saturated carbocycles. The Bertz CT molecular complexity index is 1070. The quantitative estimate of drug-likeness (QED) is 0.549. The Hall–Kier alpha value is -3.01. The largest absolute Gasteiger partial charge is 0.321 e. The molecule has 6 heteroatoms. The van der Waals surface area contributed by atoms with Crippen molar-refractivity contribution >= 4 is 44.5 Å². The first-order valence-corrected chi connectivity index (χ1v) is 9.18. The summed E-state index contributed by atoms with van der Waals surface area (Å²) in [6.45, 7) is 0. The molecule has 2 heterocycles. The first-order valence-electron chi connectivity index (χ1n) is 7.49. The lowest BCUT2D eigenvalue weighted by atomic mass is 10.2. The minimum atomic E-state index is -0.209. The molecule has 1 amide bonds. The summed E-state index contributed by atoms with van der Waals surface area (Å²) in [7, 11) is 0. The molecule has 4 nitrogen and oxygen atoms in total. The monoisotopic (exact) mass is 361 g/mol. The Labute approximate surface area is 152 Å². The molecule has 4 rings (SSSR count). The van der Waals surface area contributed by atoms with Crippen molar-refractivity contribution in [1.29, 1.82) is 5.26 Å². The maximum Gasteiger partial charge on any atom is 0.265 e. The van der Waals surface area contributed by atoms with Crippen molar-refractivity contribution in [2.75, 3.05) is 5.32 Å². The van der Waals surface area contributed by atoms with Gasteiger partial charge in [0, 0.05) is 16.6 Å². The maximum absolute atomic E-state index is 12.2. The van der Waals surface area contributed by atoms with E-state index in [0.29, 0.717) is 16.1 Å². The molecule has 25 heavy (non-hydrogen) atoms. The molecule has 0 saturated heterocycles. The zero-order chi connectivity index (χ0) is 17.2. The summed E-state index contributed by atoms with van der Waals surface area (Å²) < 4.78 is 1.15. The van der Waals surface area contributed by atoms with E-state index >= 15 is 0 Å². The second-order valence-corrected chi connectivity index (χ2v) is 7.27. The Morgan fingerprint density at radius 2 is 1.92 bits per heavy atom. The van der Waals surface area contributed by atoms with E-state index in [0.717, 1.165) is 20.8 Å². The third-order valence-electron chi connectivity index (χ3n) is 3.64. The van der Waals surface area contributed by atoms with Gasteiger partial charge in [0.25, 0.3) is 5.91 Å². The smallest absolute Gasteiger partial charge is 0.265 e. The predicted molar refractivity (Wildman–Crippen MR) is 102 cm³/mol. The number of rotatable bonds is 3. The van der Waals surface area contributed by atoms with Crippen molar-refractivity contribution in [1.82, 2.24) is 4.98 Å². The number of hydrogen-bond donors (Lipinski definition) is 1. The normalized spacial score (nSPS) is 10.5. The predicted octanol–water partition coefficient (Wildman–Crippen LogP) is 5.15. The van der Waals surface area contributed by atoms with Crippen molar-refractivity contribution in [3.63, 3.8) is 0 Å². The van der Waals surface area contributed by atoms with Crippen LogP contribution in [-0.2, 0) is 0 Å². The van der Waals surface area contributed by atoms with E-state index in [1.165, 1.54) is 11.3 Å². The van der Waals surface area contributed by atoms with Gasteiger partial charge in [-0.3, -0.25) is 4.79 Å². The summed E-state index contributed by atoms with van der Waals surface area (Å²) >= 11 is 2.91. The molecule has 0 aliphatic carbocycles. The lowest BCUT2D eigenvalue weighted by molar-refractivity contribution is 0.103. The van der Waals surface area contributed by atoms with Gasteiger partial charge in [0.05, 0.1) is 20.7 Å². The lowest BCUT2D eigenvalue weighted by Crippen LogP contribution is -2.09. The second kappa shape index (κ2) is 6.48. The number of benzene rings is 2. The Kier molecular flexibility index (Phi) is 4.02. The number of hydrogen-bond acceptors (Lipinski definition) is 5. The van der Waals surface area contributed by atoms with Gasteiger partial charge in [-0.2, -0.15) is 5.26 Å². The highest BCUT2D eigenvalue weighted by Crippen LogP contribution is 2.30. The third kappa shape index (κ3) is 3.15. The highest BCUT2D eigenvalue weighted by molar-refractivity contribution is 7.21. The number of nitriles is 1. The topological polar surface area (TPSA) is 65.8 Å². The molecule has 1 N–H and O–H groups in total. The summed E-state index contributed by atoms with van der Waals surface area (Å²) in [5.41, 5.74) is 3.22. The zero-order valence-corrected chi connectivity index (χ0v) is 14.5. The number of thiazole rings is 1. The number of carbonyl (C=O) groups excluding carboxylic acids is 1. The average Bonchev–Trinajstić information content (AvgIpc) is 3.29. The van der Waals surface area contributed by atoms with E-state index in [2.05, 4.69) is 16.4 Å².